The van der Waals surface area contributed by atoms with Gasteiger partial charge in [-0.25, -0.2) is 0 Å². The van der Waals surface area contributed by atoms with Crippen LogP contribution in [0, 0.1) is 0 Å². The van der Waals surface area contributed by atoms with Gasteiger partial charge in [-0.15, -0.1) is 0 Å². The zero-order valence-corrected chi connectivity index (χ0v) is 12.6. The number of methoxy groups -OCH3 is 1. The molecular formula is C14H22N2O2S. The van der Waals surface area contributed by atoms with Crippen molar-refractivity contribution in [2.45, 2.75) is 13.5 Å². The van der Waals surface area contributed by atoms with Crippen LogP contribution in [0.4, 0.5) is 0 Å². The lowest BCUT2D eigenvalue weighted by Gasteiger charge is -2.18. The number of nitrogens with zero attached hydrogens (tertiary/aromatic N) is 1. The summed E-state index contributed by atoms with van der Waals surface area (Å²) in [6.45, 7) is 5.11. The van der Waals surface area contributed by atoms with E-state index in [1.54, 1.807) is 7.11 Å². The lowest BCUT2D eigenvalue weighted by molar-refractivity contribution is 0.120. The highest BCUT2D eigenvalue weighted by Gasteiger charge is 2.08. The Morgan fingerprint density at radius 3 is 2.74 bits per heavy atom. The molecule has 0 spiro atoms. The quantitative estimate of drug-likeness (QED) is 0.582. The number of likely N-dealkylation sites (N-methyl/N-ethyl adjacent to an activating group) is 1. The summed E-state index contributed by atoms with van der Waals surface area (Å²) in [5.74, 6) is 0.850. The van der Waals surface area contributed by atoms with Crippen LogP contribution in [-0.2, 0) is 11.3 Å². The van der Waals surface area contributed by atoms with Crippen molar-refractivity contribution in [1.82, 2.24) is 4.90 Å². The Kier molecular flexibility index (Phi) is 6.77. The first-order valence-corrected chi connectivity index (χ1v) is 6.72. The van der Waals surface area contributed by atoms with Crippen molar-refractivity contribution in [3.05, 3.63) is 29.3 Å². The van der Waals surface area contributed by atoms with Gasteiger partial charge in [-0.1, -0.05) is 12.2 Å². The first-order valence-electron chi connectivity index (χ1n) is 6.31. The molecule has 2 N–H and O–H groups in total. The van der Waals surface area contributed by atoms with E-state index in [-0.39, 0.29) is 0 Å². The normalized spacial score (nSPS) is 10.7. The third kappa shape index (κ3) is 5.14. The van der Waals surface area contributed by atoms with Crippen molar-refractivity contribution in [3.8, 4) is 5.75 Å². The molecule has 0 bridgehead atoms. The fraction of sp³-hybridized carbons (Fsp3) is 0.500. The van der Waals surface area contributed by atoms with Crippen LogP contribution in [0.3, 0.4) is 0 Å². The molecule has 0 amide bonds. The van der Waals surface area contributed by atoms with Gasteiger partial charge >= 0.3 is 0 Å². The first kappa shape index (κ1) is 15.9. The van der Waals surface area contributed by atoms with Crippen molar-refractivity contribution < 1.29 is 9.47 Å². The second-order valence-electron chi connectivity index (χ2n) is 4.33. The van der Waals surface area contributed by atoms with E-state index in [2.05, 4.69) is 4.90 Å². The predicted molar refractivity (Wildman–Crippen MR) is 81.7 cm³/mol. The Bertz CT molecular complexity index is 424. The second-order valence-corrected chi connectivity index (χ2v) is 4.77. The van der Waals surface area contributed by atoms with E-state index in [0.717, 1.165) is 43.2 Å². The summed E-state index contributed by atoms with van der Waals surface area (Å²) in [6.07, 6.45) is 0. The van der Waals surface area contributed by atoms with Crippen LogP contribution in [0.1, 0.15) is 18.1 Å². The number of nitrogens with two attached hydrogens (primary N) is 1. The van der Waals surface area contributed by atoms with E-state index >= 15 is 0 Å². The molecule has 0 heterocycles. The monoisotopic (exact) mass is 282 g/mol. The molecule has 4 nitrogen and oxygen atoms in total. The average molecular weight is 282 g/mol. The summed E-state index contributed by atoms with van der Waals surface area (Å²) < 4.78 is 10.7. The number of benzene rings is 1. The van der Waals surface area contributed by atoms with Gasteiger partial charge in [0.15, 0.2) is 0 Å². The van der Waals surface area contributed by atoms with Gasteiger partial charge < -0.3 is 15.2 Å². The molecule has 0 radical (unpaired) electrons. The van der Waals surface area contributed by atoms with Crippen molar-refractivity contribution in [2.24, 2.45) is 5.73 Å². The van der Waals surface area contributed by atoms with Crippen LogP contribution in [-0.4, -0.2) is 43.8 Å². The largest absolute Gasteiger partial charge is 0.496 e. The van der Waals surface area contributed by atoms with Gasteiger partial charge in [0, 0.05) is 30.8 Å². The molecule has 19 heavy (non-hydrogen) atoms. The molecule has 0 aromatic heterocycles. The van der Waals surface area contributed by atoms with Gasteiger partial charge in [0.2, 0.25) is 0 Å². The fourth-order valence-corrected chi connectivity index (χ4v) is 1.92. The molecule has 0 aliphatic rings. The van der Waals surface area contributed by atoms with Crippen molar-refractivity contribution in [3.63, 3.8) is 0 Å². The van der Waals surface area contributed by atoms with Gasteiger partial charge in [-0.05, 0) is 32.2 Å². The highest BCUT2D eigenvalue weighted by Crippen LogP contribution is 2.21. The van der Waals surface area contributed by atoms with Gasteiger partial charge in [0.1, 0.15) is 10.7 Å². The Morgan fingerprint density at radius 2 is 2.16 bits per heavy atom. The van der Waals surface area contributed by atoms with Crippen molar-refractivity contribution >= 4 is 17.2 Å². The van der Waals surface area contributed by atoms with Crippen LogP contribution in [0.5, 0.6) is 5.75 Å². The Labute approximate surface area is 120 Å². The summed E-state index contributed by atoms with van der Waals surface area (Å²) in [4.78, 5) is 2.58. The summed E-state index contributed by atoms with van der Waals surface area (Å²) >= 11 is 5.00. The molecule has 0 unspecified atom stereocenters. The third-order valence-corrected chi connectivity index (χ3v) is 3.06. The first-order chi connectivity index (χ1) is 9.08. The summed E-state index contributed by atoms with van der Waals surface area (Å²) in [6, 6.07) is 5.77. The van der Waals surface area contributed by atoms with Crippen molar-refractivity contribution in [2.75, 3.05) is 33.9 Å². The molecule has 106 valence electrons. The number of thiocarbonyl (C=S) groups is 1. The van der Waals surface area contributed by atoms with E-state index < -0.39 is 0 Å². The molecule has 0 atom stereocenters. The Hall–Kier alpha value is -1.17. The summed E-state index contributed by atoms with van der Waals surface area (Å²) in [7, 11) is 3.71. The van der Waals surface area contributed by atoms with E-state index in [4.69, 9.17) is 27.4 Å². The lowest BCUT2D eigenvalue weighted by Crippen LogP contribution is -2.23. The van der Waals surface area contributed by atoms with E-state index in [0.29, 0.717) is 4.99 Å². The maximum atomic E-state index is 5.66. The highest BCUT2D eigenvalue weighted by molar-refractivity contribution is 7.80. The number of hydrogen-bond donors (Lipinski definition) is 1. The average Bonchev–Trinajstić information content (AvgIpc) is 2.38. The molecule has 1 aromatic rings. The van der Waals surface area contributed by atoms with Gasteiger partial charge in [-0.2, -0.15) is 0 Å². The number of ether oxygens (including phenoxy) is 2. The maximum Gasteiger partial charge on any atom is 0.123 e. The molecular weight excluding hydrogens is 260 g/mol. The van der Waals surface area contributed by atoms with Gasteiger partial charge in [0.05, 0.1) is 13.7 Å². The zero-order valence-electron chi connectivity index (χ0n) is 11.8. The smallest absolute Gasteiger partial charge is 0.123 e. The maximum absolute atomic E-state index is 5.66. The minimum absolute atomic E-state index is 0.404. The van der Waals surface area contributed by atoms with Crippen LogP contribution < -0.4 is 10.5 Å². The minimum Gasteiger partial charge on any atom is -0.496 e. The Balaban J connectivity index is 2.74. The zero-order chi connectivity index (χ0) is 14.3. The fourth-order valence-electron chi connectivity index (χ4n) is 1.79. The molecule has 0 fully saturated rings. The number of rotatable bonds is 8. The summed E-state index contributed by atoms with van der Waals surface area (Å²) in [5, 5.41) is 0. The topological polar surface area (TPSA) is 47.7 Å². The van der Waals surface area contributed by atoms with E-state index in [9.17, 15) is 0 Å². The minimum atomic E-state index is 0.404. The van der Waals surface area contributed by atoms with Gasteiger partial charge in [0.25, 0.3) is 0 Å². The molecule has 5 heteroatoms. The third-order valence-electron chi connectivity index (χ3n) is 2.83. The van der Waals surface area contributed by atoms with Gasteiger partial charge in [-0.3, -0.25) is 4.90 Å². The molecule has 0 saturated carbocycles. The predicted octanol–water partition coefficient (Wildman–Crippen LogP) is 1.80. The lowest BCUT2D eigenvalue weighted by atomic mass is 10.1. The van der Waals surface area contributed by atoms with Crippen LogP contribution in [0.15, 0.2) is 18.2 Å². The second kappa shape index (κ2) is 8.09. The highest BCUT2D eigenvalue weighted by atomic mass is 32.1. The molecule has 0 saturated heterocycles. The van der Waals surface area contributed by atoms with Crippen LogP contribution in [0.2, 0.25) is 0 Å². The Morgan fingerprint density at radius 1 is 1.42 bits per heavy atom. The number of hydrogen-bond acceptors (Lipinski definition) is 4. The van der Waals surface area contributed by atoms with E-state index in [1.165, 1.54) is 0 Å². The van der Waals surface area contributed by atoms with E-state index in [1.807, 2.05) is 32.2 Å². The molecule has 1 rings (SSSR count). The van der Waals surface area contributed by atoms with Crippen LogP contribution >= 0.6 is 12.2 Å². The summed E-state index contributed by atoms with van der Waals surface area (Å²) in [5.41, 5.74) is 7.60. The van der Waals surface area contributed by atoms with Crippen molar-refractivity contribution in [1.29, 1.82) is 0 Å². The van der Waals surface area contributed by atoms with Crippen LogP contribution in [0.25, 0.3) is 0 Å². The molecule has 0 aliphatic carbocycles. The molecule has 0 aliphatic heterocycles. The standard InChI is InChI=1S/C14H22N2O2S/c1-4-18-8-7-16(2)10-12-9-11(14(15)19)5-6-13(12)17-3/h5-6,9H,4,7-8,10H2,1-3H3,(H2,15,19). The molecule has 1 aromatic carbocycles. The SMILES string of the molecule is CCOCCN(C)Cc1cc(C(N)=S)ccc1OC.